The highest BCUT2D eigenvalue weighted by Crippen LogP contribution is 2.29. The fourth-order valence-electron chi connectivity index (χ4n) is 3.63. The van der Waals surface area contributed by atoms with Crippen LogP contribution in [0.4, 0.5) is 0 Å². The lowest BCUT2D eigenvalue weighted by Crippen LogP contribution is -2.37. The summed E-state index contributed by atoms with van der Waals surface area (Å²) in [6.45, 7) is 1.16. The summed E-state index contributed by atoms with van der Waals surface area (Å²) in [7, 11) is 1.58. The van der Waals surface area contributed by atoms with Crippen molar-refractivity contribution >= 4 is 16.8 Å². The van der Waals surface area contributed by atoms with Crippen molar-refractivity contribution < 1.29 is 14.1 Å². The SMILES string of the molecule is COCc1nc(C2CCCCCN2C(=O)Cn2ncc3ccccc32)no1. The van der Waals surface area contributed by atoms with E-state index in [2.05, 4.69) is 15.2 Å². The Kier molecular flexibility index (Phi) is 5.15. The maximum absolute atomic E-state index is 13.1. The van der Waals surface area contributed by atoms with Gasteiger partial charge in [-0.1, -0.05) is 36.2 Å². The summed E-state index contributed by atoms with van der Waals surface area (Å²) < 4.78 is 12.1. The number of nitrogens with zero attached hydrogens (tertiary/aromatic N) is 5. The first-order valence-electron chi connectivity index (χ1n) is 9.27. The molecule has 1 aliphatic rings. The number of likely N-dealkylation sites (tertiary alicyclic amines) is 1. The van der Waals surface area contributed by atoms with Gasteiger partial charge in [0.05, 0.1) is 17.8 Å². The van der Waals surface area contributed by atoms with E-state index in [0.717, 1.165) is 36.6 Å². The van der Waals surface area contributed by atoms with E-state index in [1.165, 1.54) is 0 Å². The summed E-state index contributed by atoms with van der Waals surface area (Å²) in [5, 5.41) is 9.51. The Balaban J connectivity index is 1.57. The summed E-state index contributed by atoms with van der Waals surface area (Å²) in [6.07, 6.45) is 5.72. The van der Waals surface area contributed by atoms with Crippen molar-refractivity contribution in [3.63, 3.8) is 0 Å². The van der Waals surface area contributed by atoms with Crippen LogP contribution in [0.15, 0.2) is 35.0 Å². The van der Waals surface area contributed by atoms with Crippen LogP contribution in [-0.2, 0) is 22.7 Å². The number of aromatic nitrogens is 4. The predicted octanol–water partition coefficient (Wildman–Crippen LogP) is 2.71. The van der Waals surface area contributed by atoms with Crippen LogP contribution in [0, 0.1) is 0 Å². The molecule has 1 aromatic carbocycles. The number of hydrogen-bond donors (Lipinski definition) is 0. The number of para-hydroxylation sites is 1. The molecule has 1 saturated heterocycles. The lowest BCUT2D eigenvalue weighted by molar-refractivity contribution is -0.134. The van der Waals surface area contributed by atoms with E-state index in [0.29, 0.717) is 18.3 Å². The monoisotopic (exact) mass is 369 g/mol. The van der Waals surface area contributed by atoms with Crippen molar-refractivity contribution in [1.82, 2.24) is 24.8 Å². The van der Waals surface area contributed by atoms with Crippen LogP contribution in [-0.4, -0.2) is 44.4 Å². The van der Waals surface area contributed by atoms with Crippen LogP contribution in [0.2, 0.25) is 0 Å². The number of amides is 1. The van der Waals surface area contributed by atoms with E-state index in [4.69, 9.17) is 9.26 Å². The molecule has 0 aliphatic carbocycles. The topological polar surface area (TPSA) is 86.3 Å². The maximum Gasteiger partial charge on any atom is 0.252 e. The zero-order chi connectivity index (χ0) is 18.6. The van der Waals surface area contributed by atoms with Gasteiger partial charge in [-0.25, -0.2) is 0 Å². The number of carbonyl (C=O) groups is 1. The van der Waals surface area contributed by atoms with Gasteiger partial charge in [-0.2, -0.15) is 10.1 Å². The van der Waals surface area contributed by atoms with Crippen LogP contribution >= 0.6 is 0 Å². The Morgan fingerprint density at radius 2 is 2.19 bits per heavy atom. The molecule has 0 bridgehead atoms. The normalized spacial score (nSPS) is 18.0. The van der Waals surface area contributed by atoms with Crippen LogP contribution in [0.1, 0.15) is 43.4 Å². The molecule has 3 heterocycles. The van der Waals surface area contributed by atoms with Gasteiger partial charge in [0.2, 0.25) is 5.91 Å². The zero-order valence-electron chi connectivity index (χ0n) is 15.4. The third-order valence-corrected chi connectivity index (χ3v) is 4.96. The minimum absolute atomic E-state index is 0.0221. The number of methoxy groups -OCH3 is 1. The standard InChI is InChI=1S/C19H23N5O3/c1-26-13-17-21-19(22-27-17)16-9-3-2-6-10-23(16)18(25)12-24-15-8-5-4-7-14(15)11-20-24/h4-5,7-8,11,16H,2-3,6,9-10,12-13H2,1H3. The molecule has 1 unspecified atom stereocenters. The zero-order valence-corrected chi connectivity index (χ0v) is 15.4. The second-order valence-electron chi connectivity index (χ2n) is 6.79. The van der Waals surface area contributed by atoms with Crippen LogP contribution in [0.3, 0.4) is 0 Å². The molecule has 8 heteroatoms. The Hall–Kier alpha value is -2.74. The van der Waals surface area contributed by atoms with Crippen molar-refractivity contribution in [3.05, 3.63) is 42.2 Å². The van der Waals surface area contributed by atoms with E-state index in [1.54, 1.807) is 18.0 Å². The minimum atomic E-state index is -0.170. The number of carbonyl (C=O) groups excluding carboxylic acids is 1. The Bertz CT molecular complexity index is 919. The van der Waals surface area contributed by atoms with Crippen LogP contribution in [0.5, 0.6) is 0 Å². The minimum Gasteiger partial charge on any atom is -0.375 e. The van der Waals surface area contributed by atoms with E-state index in [1.807, 2.05) is 29.2 Å². The van der Waals surface area contributed by atoms with E-state index < -0.39 is 0 Å². The highest BCUT2D eigenvalue weighted by Gasteiger charge is 2.30. The fourth-order valence-corrected chi connectivity index (χ4v) is 3.63. The molecule has 0 saturated carbocycles. The van der Waals surface area contributed by atoms with Crippen molar-refractivity contribution in [2.24, 2.45) is 0 Å². The van der Waals surface area contributed by atoms with Crippen LogP contribution in [0.25, 0.3) is 10.9 Å². The van der Waals surface area contributed by atoms with Gasteiger partial charge in [-0.15, -0.1) is 0 Å². The van der Waals surface area contributed by atoms with Gasteiger partial charge in [-0.3, -0.25) is 9.48 Å². The average molecular weight is 369 g/mol. The Labute approximate surface area is 157 Å². The second kappa shape index (κ2) is 7.87. The number of fused-ring (bicyclic) bond motifs is 1. The molecular formula is C19H23N5O3. The largest absolute Gasteiger partial charge is 0.375 e. The first kappa shape index (κ1) is 17.7. The first-order chi connectivity index (χ1) is 13.3. The molecule has 4 rings (SSSR count). The van der Waals surface area contributed by atoms with Crippen molar-refractivity contribution in [1.29, 1.82) is 0 Å². The number of benzene rings is 1. The van der Waals surface area contributed by atoms with Gasteiger partial charge < -0.3 is 14.2 Å². The summed E-state index contributed by atoms with van der Waals surface area (Å²) >= 11 is 0. The molecule has 1 fully saturated rings. The molecule has 142 valence electrons. The molecule has 0 spiro atoms. The molecule has 1 amide bonds. The Morgan fingerprint density at radius 3 is 3.07 bits per heavy atom. The van der Waals surface area contributed by atoms with Gasteiger partial charge in [-0.05, 0) is 18.9 Å². The average Bonchev–Trinajstić information content (AvgIpc) is 3.22. The molecule has 3 aromatic rings. The Morgan fingerprint density at radius 1 is 1.30 bits per heavy atom. The molecular weight excluding hydrogens is 346 g/mol. The van der Waals surface area contributed by atoms with Gasteiger partial charge in [0.1, 0.15) is 13.2 Å². The molecule has 8 nitrogen and oxygen atoms in total. The van der Waals surface area contributed by atoms with Crippen LogP contribution < -0.4 is 0 Å². The van der Waals surface area contributed by atoms with Crippen molar-refractivity contribution in [2.75, 3.05) is 13.7 Å². The predicted molar refractivity (Wildman–Crippen MR) is 97.7 cm³/mol. The number of rotatable bonds is 5. The van der Waals surface area contributed by atoms with E-state index >= 15 is 0 Å². The smallest absolute Gasteiger partial charge is 0.252 e. The number of hydrogen-bond acceptors (Lipinski definition) is 6. The third-order valence-electron chi connectivity index (χ3n) is 4.96. The number of ether oxygens (including phenoxy) is 1. The maximum atomic E-state index is 13.1. The summed E-state index contributed by atoms with van der Waals surface area (Å²) in [5.74, 6) is 1.01. The molecule has 1 atom stereocenters. The van der Waals surface area contributed by atoms with E-state index in [9.17, 15) is 4.79 Å². The molecule has 1 aliphatic heterocycles. The third kappa shape index (κ3) is 3.71. The van der Waals surface area contributed by atoms with Gasteiger partial charge in [0.25, 0.3) is 5.89 Å². The lowest BCUT2D eigenvalue weighted by Gasteiger charge is -2.28. The molecule has 27 heavy (non-hydrogen) atoms. The molecule has 0 N–H and O–H groups in total. The summed E-state index contributed by atoms with van der Waals surface area (Å²) in [6, 6.07) is 7.72. The quantitative estimate of drug-likeness (QED) is 0.687. The van der Waals surface area contributed by atoms with Gasteiger partial charge in [0.15, 0.2) is 5.82 Å². The molecule has 0 radical (unpaired) electrons. The highest BCUT2D eigenvalue weighted by atomic mass is 16.5. The fraction of sp³-hybridized carbons (Fsp3) is 0.474. The molecule has 2 aromatic heterocycles. The van der Waals surface area contributed by atoms with Crippen molar-refractivity contribution in [3.8, 4) is 0 Å². The van der Waals surface area contributed by atoms with E-state index in [-0.39, 0.29) is 25.1 Å². The second-order valence-corrected chi connectivity index (χ2v) is 6.79. The van der Waals surface area contributed by atoms with Gasteiger partial charge >= 0.3 is 0 Å². The summed E-state index contributed by atoms with van der Waals surface area (Å²) in [4.78, 5) is 19.4. The summed E-state index contributed by atoms with van der Waals surface area (Å²) in [5.41, 5.74) is 0.958. The van der Waals surface area contributed by atoms with Crippen molar-refractivity contribution in [2.45, 2.75) is 44.9 Å². The lowest BCUT2D eigenvalue weighted by atomic mass is 10.1. The van der Waals surface area contributed by atoms with Gasteiger partial charge in [0, 0.05) is 19.0 Å². The first-order valence-corrected chi connectivity index (χ1v) is 9.27. The highest BCUT2D eigenvalue weighted by molar-refractivity contribution is 5.82.